The van der Waals surface area contributed by atoms with Gasteiger partial charge in [-0.1, -0.05) is 18.2 Å². The summed E-state index contributed by atoms with van der Waals surface area (Å²) in [6, 6.07) is 7.53. The number of aryl methyl sites for hydroxylation is 2. The molecule has 0 unspecified atom stereocenters. The van der Waals surface area contributed by atoms with E-state index in [2.05, 4.69) is 10.3 Å². The van der Waals surface area contributed by atoms with Gasteiger partial charge in [-0.15, -0.1) is 0 Å². The Labute approximate surface area is 155 Å². The molecule has 0 aliphatic rings. The summed E-state index contributed by atoms with van der Waals surface area (Å²) in [7, 11) is 4.63. The number of aromatic nitrogens is 4. The first-order valence-electron chi connectivity index (χ1n) is 8.55. The quantitative estimate of drug-likeness (QED) is 0.641. The largest absolute Gasteiger partial charge is 0.491 e. The van der Waals surface area contributed by atoms with Crippen molar-refractivity contribution in [2.75, 3.05) is 19.0 Å². The van der Waals surface area contributed by atoms with Crippen LogP contribution in [0.3, 0.4) is 0 Å². The molecule has 0 amide bonds. The molecule has 3 rings (SSSR count). The van der Waals surface area contributed by atoms with Crippen LogP contribution in [-0.4, -0.2) is 43.6 Å². The fourth-order valence-corrected chi connectivity index (χ4v) is 2.98. The van der Waals surface area contributed by atoms with Crippen molar-refractivity contribution in [2.45, 2.75) is 19.6 Å². The smallest absolute Gasteiger partial charge is 0.332 e. The Balaban J connectivity index is 1.93. The molecule has 2 aromatic heterocycles. The Morgan fingerprint density at radius 2 is 1.93 bits per heavy atom. The topological polar surface area (TPSA) is 103 Å². The molecule has 0 spiro atoms. The minimum Gasteiger partial charge on any atom is -0.491 e. The molecule has 1 aromatic carbocycles. The number of imidazole rings is 1. The first-order chi connectivity index (χ1) is 12.8. The van der Waals surface area contributed by atoms with Gasteiger partial charge in [0.25, 0.3) is 5.56 Å². The third-order valence-electron chi connectivity index (χ3n) is 4.49. The molecule has 0 aliphatic heterocycles. The van der Waals surface area contributed by atoms with Crippen LogP contribution in [0.15, 0.2) is 33.9 Å². The molecular weight excluding hydrogens is 350 g/mol. The number of rotatable bonds is 6. The van der Waals surface area contributed by atoms with Crippen molar-refractivity contribution in [2.24, 2.45) is 14.1 Å². The molecule has 27 heavy (non-hydrogen) atoms. The summed E-state index contributed by atoms with van der Waals surface area (Å²) in [5.41, 5.74) is 0.563. The van der Waals surface area contributed by atoms with E-state index in [1.54, 1.807) is 18.7 Å². The van der Waals surface area contributed by atoms with Crippen LogP contribution in [0.5, 0.6) is 5.75 Å². The zero-order valence-electron chi connectivity index (χ0n) is 15.8. The fourth-order valence-electron chi connectivity index (χ4n) is 2.98. The third kappa shape index (κ3) is 3.33. The summed E-state index contributed by atoms with van der Waals surface area (Å²) in [5, 5.41) is 13.4. The standard InChI is InChI=1S/C18H23N5O4/c1-11-7-5-6-8-13(11)27-10-12(24)9-23-14-15(20-17(23)19-2)21(3)18(26)22(4)16(14)25/h5-8,12,24H,9-10H2,1-4H3,(H,19,20)/t12-/m1/s1. The molecule has 0 bridgehead atoms. The number of nitrogens with zero attached hydrogens (tertiary/aromatic N) is 4. The molecule has 9 heteroatoms. The molecule has 0 saturated heterocycles. The van der Waals surface area contributed by atoms with Crippen molar-refractivity contribution in [3.63, 3.8) is 0 Å². The highest BCUT2D eigenvalue weighted by molar-refractivity contribution is 5.74. The van der Waals surface area contributed by atoms with Crippen molar-refractivity contribution in [3.8, 4) is 5.75 Å². The third-order valence-corrected chi connectivity index (χ3v) is 4.49. The van der Waals surface area contributed by atoms with Gasteiger partial charge in [0, 0.05) is 21.1 Å². The van der Waals surface area contributed by atoms with Crippen LogP contribution in [0.1, 0.15) is 5.56 Å². The van der Waals surface area contributed by atoms with E-state index < -0.39 is 17.4 Å². The van der Waals surface area contributed by atoms with Gasteiger partial charge in [0.1, 0.15) is 18.5 Å². The number of anilines is 1. The molecular formula is C18H23N5O4. The van der Waals surface area contributed by atoms with Gasteiger partial charge in [0.2, 0.25) is 5.95 Å². The van der Waals surface area contributed by atoms with Crippen LogP contribution in [0.25, 0.3) is 11.2 Å². The number of hydrogen-bond acceptors (Lipinski definition) is 6. The lowest BCUT2D eigenvalue weighted by Gasteiger charge is -2.16. The number of nitrogens with one attached hydrogen (secondary N) is 1. The lowest BCUT2D eigenvalue weighted by Crippen LogP contribution is -2.38. The highest BCUT2D eigenvalue weighted by atomic mass is 16.5. The van der Waals surface area contributed by atoms with Crippen molar-refractivity contribution in [1.29, 1.82) is 0 Å². The highest BCUT2D eigenvalue weighted by Crippen LogP contribution is 2.18. The van der Waals surface area contributed by atoms with Gasteiger partial charge in [0.15, 0.2) is 11.2 Å². The monoisotopic (exact) mass is 373 g/mol. The van der Waals surface area contributed by atoms with E-state index in [9.17, 15) is 14.7 Å². The van der Waals surface area contributed by atoms with Crippen molar-refractivity contribution in [3.05, 3.63) is 50.7 Å². The van der Waals surface area contributed by atoms with Crippen LogP contribution >= 0.6 is 0 Å². The minimum atomic E-state index is -0.879. The Morgan fingerprint density at radius 1 is 1.22 bits per heavy atom. The van der Waals surface area contributed by atoms with Gasteiger partial charge < -0.3 is 19.7 Å². The average molecular weight is 373 g/mol. The van der Waals surface area contributed by atoms with E-state index in [0.717, 1.165) is 10.1 Å². The highest BCUT2D eigenvalue weighted by Gasteiger charge is 2.20. The van der Waals surface area contributed by atoms with Crippen LogP contribution in [0.2, 0.25) is 0 Å². The zero-order valence-corrected chi connectivity index (χ0v) is 15.8. The van der Waals surface area contributed by atoms with E-state index in [1.165, 1.54) is 11.6 Å². The van der Waals surface area contributed by atoms with Gasteiger partial charge in [-0.05, 0) is 18.6 Å². The molecule has 1 atom stereocenters. The van der Waals surface area contributed by atoms with Gasteiger partial charge in [-0.25, -0.2) is 4.79 Å². The van der Waals surface area contributed by atoms with Crippen LogP contribution in [-0.2, 0) is 20.6 Å². The summed E-state index contributed by atoms with van der Waals surface area (Å²) < 4.78 is 9.59. The first-order valence-corrected chi connectivity index (χ1v) is 8.55. The molecule has 3 aromatic rings. The maximum absolute atomic E-state index is 12.6. The molecule has 0 fully saturated rings. The zero-order chi connectivity index (χ0) is 19.7. The average Bonchev–Trinajstić information content (AvgIpc) is 3.02. The first kappa shape index (κ1) is 18.7. The van der Waals surface area contributed by atoms with E-state index in [4.69, 9.17) is 4.74 Å². The maximum atomic E-state index is 12.6. The summed E-state index contributed by atoms with van der Waals surface area (Å²) in [6.07, 6.45) is -0.879. The Bertz CT molecular complexity index is 1100. The summed E-state index contributed by atoms with van der Waals surface area (Å²) in [4.78, 5) is 29.0. The number of para-hydroxylation sites is 1. The van der Waals surface area contributed by atoms with Gasteiger partial charge in [0.05, 0.1) is 6.54 Å². The number of hydrogen-bond donors (Lipinski definition) is 2. The van der Waals surface area contributed by atoms with E-state index in [1.807, 2.05) is 31.2 Å². The van der Waals surface area contributed by atoms with E-state index in [-0.39, 0.29) is 24.3 Å². The molecule has 144 valence electrons. The summed E-state index contributed by atoms with van der Waals surface area (Å²) in [5.74, 6) is 1.08. The lowest BCUT2D eigenvalue weighted by molar-refractivity contribution is 0.0935. The van der Waals surface area contributed by atoms with Crippen LogP contribution in [0, 0.1) is 6.92 Å². The summed E-state index contributed by atoms with van der Waals surface area (Å²) in [6.45, 7) is 2.07. The van der Waals surface area contributed by atoms with Crippen molar-refractivity contribution >= 4 is 17.1 Å². The number of ether oxygens (including phenoxy) is 1. The number of aliphatic hydroxyl groups excluding tert-OH is 1. The molecule has 9 nitrogen and oxygen atoms in total. The van der Waals surface area contributed by atoms with Gasteiger partial charge >= 0.3 is 5.69 Å². The van der Waals surface area contributed by atoms with Crippen LogP contribution in [0.4, 0.5) is 5.95 Å². The lowest BCUT2D eigenvalue weighted by atomic mass is 10.2. The molecule has 2 heterocycles. The van der Waals surface area contributed by atoms with E-state index >= 15 is 0 Å². The molecule has 2 N–H and O–H groups in total. The fraction of sp³-hybridized carbons (Fsp3) is 0.389. The van der Waals surface area contributed by atoms with E-state index in [0.29, 0.717) is 11.7 Å². The van der Waals surface area contributed by atoms with Gasteiger partial charge in [-0.3, -0.25) is 13.9 Å². The maximum Gasteiger partial charge on any atom is 0.332 e. The summed E-state index contributed by atoms with van der Waals surface area (Å²) >= 11 is 0. The predicted octanol–water partition coefficient (Wildman–Crippen LogP) is 0.224. The van der Waals surface area contributed by atoms with Crippen molar-refractivity contribution in [1.82, 2.24) is 18.7 Å². The second-order valence-corrected chi connectivity index (χ2v) is 6.40. The van der Waals surface area contributed by atoms with Gasteiger partial charge in [-0.2, -0.15) is 4.98 Å². The Kier molecular flexibility index (Phi) is 5.04. The normalized spacial score (nSPS) is 12.3. The minimum absolute atomic E-state index is 0.0553. The molecule has 0 radical (unpaired) electrons. The predicted molar refractivity (Wildman–Crippen MR) is 102 cm³/mol. The Hall–Kier alpha value is -3.07. The van der Waals surface area contributed by atoms with Crippen molar-refractivity contribution < 1.29 is 9.84 Å². The number of aliphatic hydroxyl groups is 1. The molecule has 0 aliphatic carbocycles. The van der Waals surface area contributed by atoms with Crippen LogP contribution < -0.4 is 21.3 Å². The Morgan fingerprint density at radius 3 is 2.59 bits per heavy atom. The SMILES string of the molecule is CNc1nc2c(c(=O)n(C)c(=O)n2C)n1C[C@@H](O)COc1ccccc1C. The number of benzene rings is 1. The second-order valence-electron chi connectivity index (χ2n) is 6.40. The molecule has 0 saturated carbocycles. The number of fused-ring (bicyclic) bond motifs is 1. The second kappa shape index (κ2) is 7.28.